The van der Waals surface area contributed by atoms with E-state index in [0.29, 0.717) is 5.69 Å². The lowest BCUT2D eigenvalue weighted by atomic mass is 10.2. The number of hydrogen-bond acceptors (Lipinski definition) is 4. The maximum Gasteiger partial charge on any atom is 0.348 e. The fourth-order valence-corrected chi connectivity index (χ4v) is 0.847. The summed E-state index contributed by atoms with van der Waals surface area (Å²) in [5, 5.41) is 20.5. The molecule has 1 rings (SSSR count). The van der Waals surface area contributed by atoms with Crippen molar-refractivity contribution in [2.75, 3.05) is 5.43 Å². The molecule has 0 saturated heterocycles. The van der Waals surface area contributed by atoms with Crippen LogP contribution >= 0.6 is 0 Å². The zero-order chi connectivity index (χ0) is 10.4. The maximum absolute atomic E-state index is 10.1. The SMILES string of the molecule is O=C(O)C=NNc1ccc(CO)cc1. The van der Waals surface area contributed by atoms with Crippen LogP contribution in [0.4, 0.5) is 5.69 Å². The van der Waals surface area contributed by atoms with E-state index in [-0.39, 0.29) is 6.61 Å². The van der Waals surface area contributed by atoms with Gasteiger partial charge >= 0.3 is 5.97 Å². The summed E-state index contributed by atoms with van der Waals surface area (Å²) in [7, 11) is 0. The van der Waals surface area contributed by atoms with Crippen LogP contribution in [0, 0.1) is 0 Å². The van der Waals surface area contributed by atoms with Gasteiger partial charge in [0.05, 0.1) is 12.3 Å². The number of aliphatic carboxylic acids is 1. The molecule has 0 spiro atoms. The Kier molecular flexibility index (Phi) is 3.63. The van der Waals surface area contributed by atoms with E-state index in [9.17, 15) is 4.79 Å². The molecule has 0 aliphatic heterocycles. The van der Waals surface area contributed by atoms with Crippen LogP contribution in [0.5, 0.6) is 0 Å². The van der Waals surface area contributed by atoms with E-state index < -0.39 is 5.97 Å². The monoisotopic (exact) mass is 194 g/mol. The van der Waals surface area contributed by atoms with Crippen LogP contribution in [0.1, 0.15) is 5.56 Å². The second kappa shape index (κ2) is 4.98. The van der Waals surface area contributed by atoms with E-state index in [1.165, 1.54) is 0 Å². The van der Waals surface area contributed by atoms with Crippen molar-refractivity contribution in [2.24, 2.45) is 5.10 Å². The summed E-state index contributed by atoms with van der Waals surface area (Å²) in [6, 6.07) is 6.84. The van der Waals surface area contributed by atoms with Crippen molar-refractivity contribution in [1.82, 2.24) is 0 Å². The minimum Gasteiger partial charge on any atom is -0.477 e. The van der Waals surface area contributed by atoms with Crippen LogP contribution in [0.3, 0.4) is 0 Å². The van der Waals surface area contributed by atoms with Gasteiger partial charge < -0.3 is 10.2 Å². The number of anilines is 1. The number of carbonyl (C=O) groups is 1. The van der Waals surface area contributed by atoms with Crippen molar-refractivity contribution >= 4 is 17.9 Å². The van der Waals surface area contributed by atoms with Gasteiger partial charge in [-0.05, 0) is 17.7 Å². The van der Waals surface area contributed by atoms with Crippen molar-refractivity contribution in [2.45, 2.75) is 6.61 Å². The average Bonchev–Trinajstić information content (AvgIpc) is 2.18. The molecule has 0 bridgehead atoms. The summed E-state index contributed by atoms with van der Waals surface area (Å²) in [5.41, 5.74) is 3.99. The highest BCUT2D eigenvalue weighted by atomic mass is 16.4. The Morgan fingerprint density at radius 1 is 1.43 bits per heavy atom. The van der Waals surface area contributed by atoms with E-state index >= 15 is 0 Å². The van der Waals surface area contributed by atoms with Crippen LogP contribution < -0.4 is 5.43 Å². The standard InChI is InChI=1S/C9H10N2O3/c12-6-7-1-3-8(4-2-7)11-10-5-9(13)14/h1-5,11-12H,6H2,(H,13,14). The third-order valence-electron chi connectivity index (χ3n) is 1.51. The summed E-state index contributed by atoms with van der Waals surface area (Å²) in [6.07, 6.45) is 0.764. The van der Waals surface area contributed by atoms with E-state index in [1.54, 1.807) is 24.3 Å². The van der Waals surface area contributed by atoms with Gasteiger partial charge in [0.2, 0.25) is 0 Å². The number of rotatable bonds is 4. The van der Waals surface area contributed by atoms with Crippen LogP contribution in [-0.2, 0) is 11.4 Å². The van der Waals surface area contributed by atoms with Gasteiger partial charge in [-0.3, -0.25) is 5.43 Å². The number of aliphatic hydroxyl groups excluding tert-OH is 1. The largest absolute Gasteiger partial charge is 0.477 e. The van der Waals surface area contributed by atoms with E-state index in [2.05, 4.69) is 10.5 Å². The van der Waals surface area contributed by atoms with Crippen LogP contribution in [0.2, 0.25) is 0 Å². The number of hydrazone groups is 1. The van der Waals surface area contributed by atoms with Gasteiger partial charge in [-0.2, -0.15) is 5.10 Å². The smallest absolute Gasteiger partial charge is 0.348 e. The molecule has 5 heteroatoms. The topological polar surface area (TPSA) is 81.9 Å². The van der Waals surface area contributed by atoms with Gasteiger partial charge in [-0.1, -0.05) is 12.1 Å². The van der Waals surface area contributed by atoms with E-state index in [4.69, 9.17) is 10.2 Å². The molecule has 0 saturated carbocycles. The average molecular weight is 194 g/mol. The minimum atomic E-state index is -1.11. The van der Waals surface area contributed by atoms with E-state index in [0.717, 1.165) is 11.8 Å². The first-order valence-corrected chi connectivity index (χ1v) is 3.94. The maximum atomic E-state index is 10.1. The molecular formula is C9H10N2O3. The number of carboxylic acid groups (broad SMARTS) is 1. The van der Waals surface area contributed by atoms with Gasteiger partial charge in [-0.15, -0.1) is 0 Å². The Balaban J connectivity index is 2.56. The Hall–Kier alpha value is -1.88. The Bertz CT molecular complexity index is 332. The van der Waals surface area contributed by atoms with Crippen LogP contribution in [0.25, 0.3) is 0 Å². The molecule has 0 fully saturated rings. The van der Waals surface area contributed by atoms with Gasteiger partial charge in [0.1, 0.15) is 6.21 Å². The third-order valence-corrected chi connectivity index (χ3v) is 1.51. The van der Waals surface area contributed by atoms with Crippen molar-refractivity contribution < 1.29 is 15.0 Å². The van der Waals surface area contributed by atoms with Gasteiger partial charge in [0, 0.05) is 0 Å². The summed E-state index contributed by atoms with van der Waals surface area (Å²) in [5.74, 6) is -1.11. The zero-order valence-electron chi connectivity index (χ0n) is 7.34. The van der Waals surface area contributed by atoms with Crippen LogP contribution in [-0.4, -0.2) is 22.4 Å². The molecule has 74 valence electrons. The number of benzene rings is 1. The second-order valence-corrected chi connectivity index (χ2v) is 2.56. The minimum absolute atomic E-state index is 0.0152. The molecule has 0 aliphatic rings. The Morgan fingerprint density at radius 3 is 2.57 bits per heavy atom. The quantitative estimate of drug-likeness (QED) is 0.485. The molecule has 0 aromatic heterocycles. The number of aliphatic hydroxyl groups is 1. The second-order valence-electron chi connectivity index (χ2n) is 2.56. The van der Waals surface area contributed by atoms with Gasteiger partial charge in [0.25, 0.3) is 0 Å². The lowest BCUT2D eigenvalue weighted by molar-refractivity contribution is -0.128. The molecule has 1 aromatic carbocycles. The zero-order valence-corrected chi connectivity index (χ0v) is 7.34. The molecule has 5 nitrogen and oxygen atoms in total. The fourth-order valence-electron chi connectivity index (χ4n) is 0.847. The predicted molar refractivity (Wildman–Crippen MR) is 52.1 cm³/mol. The lowest BCUT2D eigenvalue weighted by Crippen LogP contribution is -1.98. The highest BCUT2D eigenvalue weighted by Crippen LogP contribution is 2.08. The number of nitrogens with one attached hydrogen (secondary N) is 1. The molecule has 0 amide bonds. The number of carboxylic acids is 1. The summed E-state index contributed by atoms with van der Waals surface area (Å²) in [6.45, 7) is -0.0152. The Labute approximate surface area is 80.7 Å². The number of hydrogen-bond donors (Lipinski definition) is 3. The van der Waals surface area contributed by atoms with Gasteiger partial charge in [-0.25, -0.2) is 4.79 Å². The predicted octanol–water partition coefficient (Wildman–Crippen LogP) is 0.661. The molecule has 1 aromatic rings. The molecule has 0 atom stereocenters. The molecule has 0 aliphatic carbocycles. The molecule has 0 heterocycles. The summed E-state index contributed by atoms with van der Waals surface area (Å²) >= 11 is 0. The summed E-state index contributed by atoms with van der Waals surface area (Å²) < 4.78 is 0. The summed E-state index contributed by atoms with van der Waals surface area (Å²) in [4.78, 5) is 10.1. The molecule has 0 radical (unpaired) electrons. The third kappa shape index (κ3) is 3.24. The molecule has 0 unspecified atom stereocenters. The highest BCUT2D eigenvalue weighted by molar-refractivity contribution is 6.22. The fraction of sp³-hybridized carbons (Fsp3) is 0.111. The van der Waals surface area contributed by atoms with Crippen molar-refractivity contribution in [1.29, 1.82) is 0 Å². The van der Waals surface area contributed by atoms with Crippen molar-refractivity contribution in [3.63, 3.8) is 0 Å². The van der Waals surface area contributed by atoms with Crippen LogP contribution in [0.15, 0.2) is 29.4 Å². The first kappa shape index (κ1) is 10.2. The van der Waals surface area contributed by atoms with Gasteiger partial charge in [0.15, 0.2) is 0 Å². The number of nitrogens with zero attached hydrogens (tertiary/aromatic N) is 1. The molecule has 3 N–H and O–H groups in total. The normalized spacial score (nSPS) is 10.4. The van der Waals surface area contributed by atoms with Crippen molar-refractivity contribution in [3.8, 4) is 0 Å². The first-order chi connectivity index (χ1) is 6.72. The Morgan fingerprint density at radius 2 is 2.07 bits per heavy atom. The van der Waals surface area contributed by atoms with Crippen molar-refractivity contribution in [3.05, 3.63) is 29.8 Å². The van der Waals surface area contributed by atoms with E-state index in [1.807, 2.05) is 0 Å². The lowest BCUT2D eigenvalue weighted by Gasteiger charge is -2.00. The highest BCUT2D eigenvalue weighted by Gasteiger charge is 1.91. The first-order valence-electron chi connectivity index (χ1n) is 3.94. The molecule has 14 heavy (non-hydrogen) atoms. The molecular weight excluding hydrogens is 184 g/mol.